The quantitative estimate of drug-likeness (QED) is 0.861. The molecule has 2 unspecified atom stereocenters. The molecule has 1 aliphatic carbocycles. The molecule has 3 rings (SSSR count). The van der Waals surface area contributed by atoms with Crippen molar-refractivity contribution in [3.63, 3.8) is 0 Å². The van der Waals surface area contributed by atoms with Crippen LogP contribution in [0.1, 0.15) is 67.5 Å². The average molecular weight is 322 g/mol. The summed E-state index contributed by atoms with van der Waals surface area (Å²) in [5.74, 6) is -0.356. The lowest BCUT2D eigenvalue weighted by Crippen LogP contribution is -2.32. The molecule has 0 spiro atoms. The first kappa shape index (κ1) is 16.5. The van der Waals surface area contributed by atoms with Crippen LogP contribution in [-0.2, 0) is 22.3 Å². The summed E-state index contributed by atoms with van der Waals surface area (Å²) < 4.78 is 12.9. The van der Waals surface area contributed by atoms with Crippen LogP contribution in [0.2, 0.25) is 0 Å². The number of aliphatic hydroxyl groups is 1. The summed E-state index contributed by atoms with van der Waals surface area (Å²) >= 11 is 0. The van der Waals surface area contributed by atoms with Crippen molar-refractivity contribution >= 4 is 5.97 Å². The Labute approximate surface area is 136 Å². The van der Waals surface area contributed by atoms with Gasteiger partial charge in [-0.2, -0.15) is 5.10 Å². The highest BCUT2D eigenvalue weighted by Crippen LogP contribution is 2.38. The van der Waals surface area contributed by atoms with E-state index in [2.05, 4.69) is 12.0 Å². The summed E-state index contributed by atoms with van der Waals surface area (Å²) in [4.78, 5) is 12.3. The van der Waals surface area contributed by atoms with E-state index in [0.717, 1.165) is 50.0 Å². The number of carbonyl (C=O) groups is 1. The number of nitrogens with zero attached hydrogens (tertiary/aromatic N) is 2. The zero-order valence-electron chi connectivity index (χ0n) is 14.0. The Morgan fingerprint density at radius 2 is 2.35 bits per heavy atom. The van der Waals surface area contributed by atoms with Crippen molar-refractivity contribution in [3.05, 3.63) is 17.0 Å². The van der Waals surface area contributed by atoms with Crippen LogP contribution in [0.25, 0.3) is 0 Å². The maximum atomic E-state index is 12.3. The molecule has 2 atom stereocenters. The number of ether oxygens (including phenoxy) is 2. The normalized spacial score (nSPS) is 27.5. The summed E-state index contributed by atoms with van der Waals surface area (Å²) in [6.07, 6.45) is 5.27. The Balaban J connectivity index is 1.99. The number of hydrogen-bond donors (Lipinski definition) is 1. The first-order valence-corrected chi connectivity index (χ1v) is 8.58. The lowest BCUT2D eigenvalue weighted by Gasteiger charge is -2.33. The van der Waals surface area contributed by atoms with Crippen LogP contribution in [0.3, 0.4) is 0 Å². The highest BCUT2D eigenvalue weighted by Gasteiger charge is 2.37. The Morgan fingerprint density at radius 3 is 3.00 bits per heavy atom. The van der Waals surface area contributed by atoms with E-state index in [9.17, 15) is 9.90 Å². The van der Waals surface area contributed by atoms with Crippen molar-refractivity contribution in [1.82, 2.24) is 9.78 Å². The van der Waals surface area contributed by atoms with Crippen LogP contribution < -0.4 is 0 Å². The molecular weight excluding hydrogens is 296 g/mol. The van der Waals surface area contributed by atoms with Crippen LogP contribution in [0.15, 0.2) is 0 Å². The lowest BCUT2D eigenvalue weighted by molar-refractivity contribution is -0.0427. The van der Waals surface area contributed by atoms with E-state index in [-0.39, 0.29) is 24.2 Å². The van der Waals surface area contributed by atoms with E-state index >= 15 is 0 Å². The van der Waals surface area contributed by atoms with Crippen LogP contribution in [0.5, 0.6) is 0 Å². The summed E-state index contributed by atoms with van der Waals surface area (Å²) in [6, 6.07) is 0. The molecule has 128 valence electrons. The first-order valence-electron chi connectivity index (χ1n) is 8.58. The van der Waals surface area contributed by atoms with Gasteiger partial charge in [-0.15, -0.1) is 0 Å². The molecule has 0 radical (unpaired) electrons. The van der Waals surface area contributed by atoms with Gasteiger partial charge < -0.3 is 14.6 Å². The Hall–Kier alpha value is -1.40. The molecule has 2 aliphatic rings. The molecule has 1 saturated heterocycles. The van der Waals surface area contributed by atoms with E-state index < -0.39 is 0 Å². The molecule has 0 aromatic carbocycles. The van der Waals surface area contributed by atoms with Crippen LogP contribution in [-0.4, -0.2) is 40.7 Å². The first-order chi connectivity index (χ1) is 11.1. The SMILES string of the molecule is CCOC(=O)c1nn(C2CCCCO2)c2c1CCC(C)(CO)C2. The van der Waals surface area contributed by atoms with Crippen molar-refractivity contribution in [1.29, 1.82) is 0 Å². The van der Waals surface area contributed by atoms with Crippen molar-refractivity contribution in [2.45, 2.75) is 58.6 Å². The van der Waals surface area contributed by atoms with Crippen LogP contribution in [0.4, 0.5) is 0 Å². The largest absolute Gasteiger partial charge is 0.461 e. The lowest BCUT2D eigenvalue weighted by atomic mass is 9.75. The van der Waals surface area contributed by atoms with Gasteiger partial charge in [-0.3, -0.25) is 0 Å². The summed E-state index contributed by atoms with van der Waals surface area (Å²) in [5, 5.41) is 14.3. The van der Waals surface area contributed by atoms with Crippen molar-refractivity contribution in [2.24, 2.45) is 5.41 Å². The van der Waals surface area contributed by atoms with E-state index in [1.807, 2.05) is 4.68 Å². The monoisotopic (exact) mass is 322 g/mol. The zero-order chi connectivity index (χ0) is 16.4. The van der Waals surface area contributed by atoms with Crippen molar-refractivity contribution in [2.75, 3.05) is 19.8 Å². The van der Waals surface area contributed by atoms with Crippen molar-refractivity contribution < 1.29 is 19.4 Å². The predicted molar refractivity (Wildman–Crippen MR) is 84.2 cm³/mol. The molecular formula is C17H26N2O4. The van der Waals surface area contributed by atoms with Gasteiger partial charge in [-0.25, -0.2) is 9.48 Å². The van der Waals surface area contributed by atoms with Gasteiger partial charge >= 0.3 is 5.97 Å². The molecule has 1 N–H and O–H groups in total. The maximum absolute atomic E-state index is 12.3. The van der Waals surface area contributed by atoms with Gasteiger partial charge in [0.1, 0.15) is 6.23 Å². The molecule has 1 aromatic rings. The van der Waals surface area contributed by atoms with E-state index in [1.54, 1.807) is 6.92 Å². The topological polar surface area (TPSA) is 73.6 Å². The van der Waals surface area contributed by atoms with Gasteiger partial charge in [0.05, 0.1) is 6.61 Å². The highest BCUT2D eigenvalue weighted by molar-refractivity contribution is 5.89. The fourth-order valence-electron chi connectivity index (χ4n) is 3.53. The second-order valence-corrected chi connectivity index (χ2v) is 6.91. The zero-order valence-corrected chi connectivity index (χ0v) is 14.0. The van der Waals surface area contributed by atoms with Gasteiger partial charge in [0.15, 0.2) is 5.69 Å². The summed E-state index contributed by atoms with van der Waals surface area (Å²) in [6.45, 7) is 5.09. The Morgan fingerprint density at radius 1 is 1.52 bits per heavy atom. The van der Waals surface area contributed by atoms with Gasteiger partial charge in [0.25, 0.3) is 0 Å². The minimum atomic E-state index is -0.356. The van der Waals surface area contributed by atoms with E-state index in [4.69, 9.17) is 9.47 Å². The molecule has 23 heavy (non-hydrogen) atoms. The second-order valence-electron chi connectivity index (χ2n) is 6.91. The molecule has 0 bridgehead atoms. The van der Waals surface area contributed by atoms with E-state index in [0.29, 0.717) is 18.7 Å². The third-order valence-electron chi connectivity index (χ3n) is 4.97. The van der Waals surface area contributed by atoms with Crippen molar-refractivity contribution in [3.8, 4) is 0 Å². The molecule has 6 heteroatoms. The number of hydrogen-bond acceptors (Lipinski definition) is 5. The molecule has 6 nitrogen and oxygen atoms in total. The number of esters is 1. The predicted octanol–water partition coefficient (Wildman–Crippen LogP) is 2.25. The van der Waals surface area contributed by atoms with Gasteiger partial charge in [0, 0.05) is 24.5 Å². The van der Waals surface area contributed by atoms with Gasteiger partial charge in [-0.1, -0.05) is 6.92 Å². The van der Waals surface area contributed by atoms with E-state index in [1.165, 1.54) is 0 Å². The number of aliphatic hydroxyl groups excluding tert-OH is 1. The molecule has 1 fully saturated rings. The maximum Gasteiger partial charge on any atom is 0.359 e. The standard InChI is InChI=1S/C17H26N2O4/c1-3-22-16(21)15-12-7-8-17(2,11-20)10-13(12)19(18-15)14-6-4-5-9-23-14/h14,20H,3-11H2,1-2H3. The molecule has 0 amide bonds. The minimum Gasteiger partial charge on any atom is -0.461 e. The fraction of sp³-hybridized carbons (Fsp3) is 0.765. The van der Waals surface area contributed by atoms with Gasteiger partial charge in [-0.05, 0) is 50.9 Å². The minimum absolute atomic E-state index is 0.110. The summed E-state index contributed by atoms with van der Waals surface area (Å²) in [7, 11) is 0. The number of carbonyl (C=O) groups excluding carboxylic acids is 1. The molecule has 1 aromatic heterocycles. The Kier molecular flexibility index (Phi) is 4.73. The van der Waals surface area contributed by atoms with Crippen LogP contribution >= 0.6 is 0 Å². The third-order valence-corrected chi connectivity index (χ3v) is 4.97. The molecule has 0 saturated carbocycles. The smallest absolute Gasteiger partial charge is 0.359 e. The van der Waals surface area contributed by atoms with Gasteiger partial charge in [0.2, 0.25) is 0 Å². The number of rotatable bonds is 4. The Bertz CT molecular complexity index is 577. The summed E-state index contributed by atoms with van der Waals surface area (Å²) in [5.41, 5.74) is 2.27. The molecule has 1 aliphatic heterocycles. The molecule has 2 heterocycles. The number of fused-ring (bicyclic) bond motifs is 1. The highest BCUT2D eigenvalue weighted by atomic mass is 16.5. The fourth-order valence-corrected chi connectivity index (χ4v) is 3.53. The van der Waals surface area contributed by atoms with Crippen LogP contribution in [0, 0.1) is 5.41 Å². The third kappa shape index (κ3) is 3.15. The second kappa shape index (κ2) is 6.61. The average Bonchev–Trinajstić information content (AvgIpc) is 2.94. The number of aromatic nitrogens is 2.